The largest absolute Gasteiger partial charge is 0.291 e. The van der Waals surface area contributed by atoms with Gasteiger partial charge in [-0.15, -0.1) is 10.2 Å². The maximum atomic E-state index is 13.0. The van der Waals surface area contributed by atoms with Crippen LogP contribution in [-0.4, -0.2) is 24.3 Å². The number of nitrogens with zero attached hydrogens (tertiary/aromatic N) is 5. The van der Waals surface area contributed by atoms with Crippen molar-refractivity contribution in [3.63, 3.8) is 0 Å². The molecule has 0 aliphatic heterocycles. The number of hydrogen-bond donors (Lipinski definition) is 0. The van der Waals surface area contributed by atoms with Crippen molar-refractivity contribution in [3.8, 4) is 5.69 Å². The minimum Gasteiger partial charge on any atom is -0.291 e. The first-order valence-electron chi connectivity index (χ1n) is 10.0. The van der Waals surface area contributed by atoms with Crippen LogP contribution in [0, 0.1) is 0 Å². The van der Waals surface area contributed by atoms with Gasteiger partial charge in [-0.25, -0.2) is 4.98 Å². The van der Waals surface area contributed by atoms with E-state index >= 15 is 0 Å². The third-order valence-electron chi connectivity index (χ3n) is 5.02. The molecule has 0 bridgehead atoms. The molecule has 5 rings (SSSR count). The molecule has 0 fully saturated rings. The van der Waals surface area contributed by atoms with Crippen LogP contribution >= 0.6 is 23.4 Å². The van der Waals surface area contributed by atoms with Gasteiger partial charge >= 0.3 is 0 Å². The number of thioether (sulfide) groups is 1. The lowest BCUT2D eigenvalue weighted by Crippen LogP contribution is -2.22. The van der Waals surface area contributed by atoms with Crippen LogP contribution in [0.1, 0.15) is 11.4 Å². The van der Waals surface area contributed by atoms with Crippen molar-refractivity contribution in [2.24, 2.45) is 0 Å². The average Bonchev–Trinajstić information content (AvgIpc) is 3.23. The van der Waals surface area contributed by atoms with E-state index in [1.54, 1.807) is 28.7 Å². The van der Waals surface area contributed by atoms with Gasteiger partial charge in [0, 0.05) is 16.5 Å². The fraction of sp³-hybridized carbons (Fsp3) is 0.0833. The standard InChI is InChI=1S/C24H18ClN5OS/c25-18-8-6-7-17(13-18)15-32-24-28-27-22(30(24)19-9-2-1-3-10-19)14-29-16-26-21-12-5-4-11-20(21)23(29)31/h1-13,16H,14-15H2. The van der Waals surface area contributed by atoms with E-state index in [0.29, 0.717) is 27.5 Å². The predicted octanol–water partition coefficient (Wildman–Crippen LogP) is 4.97. The summed E-state index contributed by atoms with van der Waals surface area (Å²) in [6.07, 6.45) is 1.56. The van der Waals surface area contributed by atoms with E-state index in [1.165, 1.54) is 0 Å². The Hall–Kier alpha value is -3.42. The van der Waals surface area contributed by atoms with Crippen LogP contribution in [0.25, 0.3) is 16.6 Å². The first kappa shape index (κ1) is 20.5. The van der Waals surface area contributed by atoms with Crippen LogP contribution in [0.2, 0.25) is 5.02 Å². The molecule has 2 heterocycles. The monoisotopic (exact) mass is 459 g/mol. The highest BCUT2D eigenvalue weighted by molar-refractivity contribution is 7.98. The highest BCUT2D eigenvalue weighted by atomic mass is 35.5. The summed E-state index contributed by atoms with van der Waals surface area (Å²) >= 11 is 7.69. The molecule has 32 heavy (non-hydrogen) atoms. The molecule has 6 nitrogen and oxygen atoms in total. The molecule has 0 amide bonds. The first-order valence-corrected chi connectivity index (χ1v) is 11.4. The number of hydrogen-bond acceptors (Lipinski definition) is 5. The molecule has 8 heteroatoms. The lowest BCUT2D eigenvalue weighted by atomic mass is 10.2. The Morgan fingerprint density at radius 1 is 0.906 bits per heavy atom. The molecule has 0 aliphatic rings. The summed E-state index contributed by atoms with van der Waals surface area (Å²) < 4.78 is 3.55. The quantitative estimate of drug-likeness (QED) is 0.335. The van der Waals surface area contributed by atoms with E-state index in [2.05, 4.69) is 15.2 Å². The fourth-order valence-electron chi connectivity index (χ4n) is 3.48. The molecule has 0 saturated carbocycles. The second kappa shape index (κ2) is 8.98. The van der Waals surface area contributed by atoms with E-state index in [0.717, 1.165) is 16.4 Å². The number of benzene rings is 3. The zero-order valence-electron chi connectivity index (χ0n) is 16.9. The molecule has 0 N–H and O–H groups in total. The van der Waals surface area contributed by atoms with Crippen molar-refractivity contribution >= 4 is 34.3 Å². The van der Waals surface area contributed by atoms with E-state index < -0.39 is 0 Å². The normalized spacial score (nSPS) is 11.2. The number of aromatic nitrogens is 5. The number of halogens is 1. The van der Waals surface area contributed by atoms with Gasteiger partial charge in [0.05, 0.1) is 23.8 Å². The van der Waals surface area contributed by atoms with Crippen molar-refractivity contribution < 1.29 is 0 Å². The number of rotatable bonds is 6. The summed E-state index contributed by atoms with van der Waals surface area (Å²) in [5.74, 6) is 1.35. The molecule has 0 atom stereocenters. The second-order valence-corrected chi connectivity index (χ2v) is 8.56. The van der Waals surface area contributed by atoms with Gasteiger partial charge in [0.25, 0.3) is 5.56 Å². The van der Waals surface area contributed by atoms with E-state index in [9.17, 15) is 4.79 Å². The molecule has 0 aliphatic carbocycles. The summed E-state index contributed by atoms with van der Waals surface area (Å²) in [5.41, 5.74) is 2.60. The fourth-order valence-corrected chi connectivity index (χ4v) is 4.60. The zero-order valence-corrected chi connectivity index (χ0v) is 18.5. The van der Waals surface area contributed by atoms with Crippen LogP contribution in [-0.2, 0) is 12.3 Å². The van der Waals surface area contributed by atoms with Crippen molar-refractivity contribution in [1.82, 2.24) is 24.3 Å². The zero-order chi connectivity index (χ0) is 21.9. The summed E-state index contributed by atoms with van der Waals surface area (Å²) in [6.45, 7) is 0.260. The molecule has 3 aromatic carbocycles. The van der Waals surface area contributed by atoms with Crippen LogP contribution in [0.5, 0.6) is 0 Å². The number of fused-ring (bicyclic) bond motifs is 1. The number of para-hydroxylation sites is 2. The molecule has 158 valence electrons. The van der Waals surface area contributed by atoms with Gasteiger partial charge in [-0.1, -0.05) is 65.8 Å². The van der Waals surface area contributed by atoms with Gasteiger partial charge in [0.1, 0.15) is 0 Å². The first-order chi connectivity index (χ1) is 15.7. The van der Waals surface area contributed by atoms with Gasteiger partial charge in [-0.3, -0.25) is 13.9 Å². The van der Waals surface area contributed by atoms with Gasteiger partial charge in [0.2, 0.25) is 0 Å². The third-order valence-corrected chi connectivity index (χ3v) is 6.25. The SMILES string of the molecule is O=c1c2ccccc2ncn1Cc1nnc(SCc2cccc(Cl)c2)n1-c1ccccc1. The van der Waals surface area contributed by atoms with Crippen LogP contribution in [0.15, 0.2) is 95.1 Å². The lowest BCUT2D eigenvalue weighted by molar-refractivity contribution is 0.685. The topological polar surface area (TPSA) is 65.6 Å². The van der Waals surface area contributed by atoms with Crippen molar-refractivity contribution in [1.29, 1.82) is 0 Å². The van der Waals surface area contributed by atoms with Crippen LogP contribution < -0.4 is 5.56 Å². The van der Waals surface area contributed by atoms with Gasteiger partial charge in [-0.2, -0.15) is 0 Å². The van der Waals surface area contributed by atoms with E-state index in [4.69, 9.17) is 11.6 Å². The van der Waals surface area contributed by atoms with E-state index in [1.807, 2.05) is 77.4 Å². The minimum absolute atomic E-state index is 0.105. The minimum atomic E-state index is -0.105. The van der Waals surface area contributed by atoms with Crippen LogP contribution in [0.4, 0.5) is 0 Å². The Kier molecular flexibility index (Phi) is 5.75. The Morgan fingerprint density at radius 3 is 2.56 bits per heavy atom. The van der Waals surface area contributed by atoms with Crippen molar-refractivity contribution in [2.75, 3.05) is 0 Å². The molecular weight excluding hydrogens is 442 g/mol. The summed E-state index contributed by atoms with van der Waals surface area (Å²) in [5, 5.41) is 10.9. The Balaban J connectivity index is 1.51. The predicted molar refractivity (Wildman–Crippen MR) is 127 cm³/mol. The average molecular weight is 460 g/mol. The Morgan fingerprint density at radius 2 is 1.72 bits per heavy atom. The summed E-state index contributed by atoms with van der Waals surface area (Å²) in [4.78, 5) is 17.4. The maximum absolute atomic E-state index is 13.0. The summed E-state index contributed by atoms with van der Waals surface area (Å²) in [6, 6.07) is 25.0. The molecule has 0 unspecified atom stereocenters. The molecule has 2 aromatic heterocycles. The van der Waals surface area contributed by atoms with Gasteiger partial charge in [-0.05, 0) is 42.0 Å². The van der Waals surface area contributed by atoms with Gasteiger partial charge in [0.15, 0.2) is 11.0 Å². The van der Waals surface area contributed by atoms with Crippen LogP contribution in [0.3, 0.4) is 0 Å². The van der Waals surface area contributed by atoms with Crippen molar-refractivity contribution in [3.05, 3.63) is 112 Å². The molecule has 0 spiro atoms. The molecule has 5 aromatic rings. The van der Waals surface area contributed by atoms with E-state index in [-0.39, 0.29) is 12.1 Å². The second-order valence-electron chi connectivity index (χ2n) is 7.18. The smallest absolute Gasteiger partial charge is 0.261 e. The Labute approximate surface area is 193 Å². The molecular formula is C24H18ClN5OS. The maximum Gasteiger partial charge on any atom is 0.261 e. The lowest BCUT2D eigenvalue weighted by Gasteiger charge is -2.11. The van der Waals surface area contributed by atoms with Gasteiger partial charge < -0.3 is 0 Å². The molecule has 0 radical (unpaired) electrons. The Bertz CT molecular complexity index is 1450. The summed E-state index contributed by atoms with van der Waals surface area (Å²) in [7, 11) is 0. The third kappa shape index (κ3) is 4.17. The van der Waals surface area contributed by atoms with Crippen molar-refractivity contribution in [2.45, 2.75) is 17.5 Å². The highest BCUT2D eigenvalue weighted by Gasteiger charge is 2.16. The molecule has 0 saturated heterocycles. The highest BCUT2D eigenvalue weighted by Crippen LogP contribution is 2.26.